The molecule has 0 bridgehead atoms. The molecule has 0 radical (unpaired) electrons. The van der Waals surface area contributed by atoms with E-state index in [0.29, 0.717) is 17.0 Å². The normalized spacial score (nSPS) is 20.0. The molecule has 4 rings (SSSR count). The number of nitrogen functional groups attached to an aromatic ring is 2. The number of nitrogens with zero attached hydrogens (tertiary/aromatic N) is 4. The Morgan fingerprint density at radius 2 is 2.24 bits per heavy atom. The molecule has 178 valence electrons. The summed E-state index contributed by atoms with van der Waals surface area (Å²) in [5, 5.41) is 15.6. The quantitative estimate of drug-likeness (QED) is 0.168. The molecule has 2 aliphatic heterocycles. The fraction of sp³-hybridized carbons (Fsp3) is 0.263. The number of hydrogen-bond donors (Lipinski definition) is 4. The van der Waals surface area contributed by atoms with E-state index in [1.807, 2.05) is 0 Å². The maximum atomic E-state index is 12.9. The van der Waals surface area contributed by atoms with Crippen LogP contribution in [0.3, 0.4) is 0 Å². The summed E-state index contributed by atoms with van der Waals surface area (Å²) in [5.41, 5.74) is 12.2. The third-order valence-electron chi connectivity index (χ3n) is 5.02. The molecule has 2 atom stereocenters. The third kappa shape index (κ3) is 4.38. The molecule has 2 aromatic heterocycles. The Bertz CT molecular complexity index is 1250. The molecule has 12 nitrogen and oxygen atoms in total. The van der Waals surface area contributed by atoms with Gasteiger partial charge >= 0.3 is 5.97 Å². The van der Waals surface area contributed by atoms with Gasteiger partial charge in [0.2, 0.25) is 0 Å². The number of rotatable bonds is 7. The van der Waals surface area contributed by atoms with Crippen LogP contribution >= 0.6 is 34.7 Å². The van der Waals surface area contributed by atoms with Gasteiger partial charge in [0.1, 0.15) is 34.3 Å². The third-order valence-corrected chi connectivity index (χ3v) is 7.44. The summed E-state index contributed by atoms with van der Waals surface area (Å²) >= 11 is 8.39. The number of nitrogens with one attached hydrogen (secondary N) is 1. The van der Waals surface area contributed by atoms with Gasteiger partial charge in [-0.05, 0) is 6.07 Å². The predicted octanol–water partition coefficient (Wildman–Crippen LogP) is 0.0377. The molecule has 2 aliphatic rings. The van der Waals surface area contributed by atoms with E-state index in [2.05, 4.69) is 15.5 Å². The average molecular weight is 525 g/mol. The number of thioether (sulfide) groups is 1. The number of anilines is 2. The second-order valence-electron chi connectivity index (χ2n) is 7.22. The number of pyridine rings is 1. The fourth-order valence-electron chi connectivity index (χ4n) is 3.62. The standard InChI is InChI=1S/C19H18ClN7O5S2/c1-32-25-11(10-14(20)34-19(22)24-10)15(28)23-12-16(29)27-13(18(30)31)8(7-33-17(12)27)5-26-4-2-3-9(21)6-26/h2-4,6,12,17H,5,7,21H2,1H3,(H3-,22,23,24,28,30,31)/p+1/b25-11+/t12?,17-/m1/s1. The van der Waals surface area contributed by atoms with Crippen molar-refractivity contribution in [3.05, 3.63) is 45.8 Å². The minimum absolute atomic E-state index is 0.0241. The molecule has 1 fully saturated rings. The van der Waals surface area contributed by atoms with Gasteiger partial charge in [-0.15, -0.1) is 11.8 Å². The predicted molar refractivity (Wildman–Crippen MR) is 126 cm³/mol. The molecule has 0 saturated carbocycles. The molecule has 2 aromatic rings. The summed E-state index contributed by atoms with van der Waals surface area (Å²) in [6.07, 6.45) is 3.44. The minimum Gasteiger partial charge on any atom is -0.477 e. The first-order valence-corrected chi connectivity index (χ1v) is 11.9. The van der Waals surface area contributed by atoms with Gasteiger partial charge < -0.3 is 26.7 Å². The van der Waals surface area contributed by atoms with E-state index in [0.717, 1.165) is 11.3 Å². The van der Waals surface area contributed by atoms with Crippen LogP contribution in [0.2, 0.25) is 4.34 Å². The number of thiazole rings is 1. The maximum Gasteiger partial charge on any atom is 0.352 e. The van der Waals surface area contributed by atoms with Crippen molar-refractivity contribution in [2.24, 2.45) is 5.16 Å². The number of hydrogen-bond acceptors (Lipinski definition) is 10. The van der Waals surface area contributed by atoms with E-state index >= 15 is 0 Å². The summed E-state index contributed by atoms with van der Waals surface area (Å²) in [6.45, 7) is 0.252. The van der Waals surface area contributed by atoms with E-state index in [-0.39, 0.29) is 33.1 Å². The highest BCUT2D eigenvalue weighted by Gasteiger charge is 2.54. The van der Waals surface area contributed by atoms with Gasteiger partial charge in [-0.2, -0.15) is 4.57 Å². The number of amides is 2. The van der Waals surface area contributed by atoms with Crippen molar-refractivity contribution in [2.45, 2.75) is 18.0 Å². The molecule has 4 heterocycles. The largest absolute Gasteiger partial charge is 0.477 e. The molecule has 6 N–H and O–H groups in total. The van der Waals surface area contributed by atoms with Crippen molar-refractivity contribution < 1.29 is 28.9 Å². The average Bonchev–Trinajstić information content (AvgIpc) is 3.12. The first-order chi connectivity index (χ1) is 16.2. The van der Waals surface area contributed by atoms with Gasteiger partial charge in [0.25, 0.3) is 11.8 Å². The highest BCUT2D eigenvalue weighted by atomic mass is 35.5. The molecule has 34 heavy (non-hydrogen) atoms. The van der Waals surface area contributed by atoms with Crippen LogP contribution in [-0.2, 0) is 25.8 Å². The number of aromatic nitrogens is 2. The highest BCUT2D eigenvalue weighted by molar-refractivity contribution is 8.00. The lowest BCUT2D eigenvalue weighted by atomic mass is 10.0. The van der Waals surface area contributed by atoms with Crippen LogP contribution in [-0.4, -0.2) is 62.8 Å². The van der Waals surface area contributed by atoms with Crippen LogP contribution in [0.1, 0.15) is 5.69 Å². The maximum absolute atomic E-state index is 12.9. The number of carbonyl (C=O) groups excluding carboxylic acids is 2. The smallest absolute Gasteiger partial charge is 0.352 e. The van der Waals surface area contributed by atoms with E-state index < -0.39 is 29.2 Å². The van der Waals surface area contributed by atoms with Gasteiger partial charge in [0, 0.05) is 17.4 Å². The van der Waals surface area contributed by atoms with Crippen LogP contribution in [0.25, 0.3) is 0 Å². The van der Waals surface area contributed by atoms with Crippen molar-refractivity contribution in [3.8, 4) is 0 Å². The molecule has 1 saturated heterocycles. The van der Waals surface area contributed by atoms with Crippen molar-refractivity contribution in [1.29, 1.82) is 0 Å². The zero-order chi connectivity index (χ0) is 24.6. The lowest BCUT2D eigenvalue weighted by molar-refractivity contribution is -0.688. The summed E-state index contributed by atoms with van der Waals surface area (Å²) < 4.78 is 1.88. The number of oxime groups is 1. The van der Waals surface area contributed by atoms with Crippen LogP contribution in [0, 0.1) is 0 Å². The molecule has 2 amide bonds. The monoisotopic (exact) mass is 524 g/mol. The fourth-order valence-corrected chi connectivity index (χ4v) is 5.89. The van der Waals surface area contributed by atoms with Crippen molar-refractivity contribution in [3.63, 3.8) is 0 Å². The lowest BCUT2D eigenvalue weighted by Gasteiger charge is -2.49. The van der Waals surface area contributed by atoms with Crippen LogP contribution in [0.4, 0.5) is 10.8 Å². The number of nitrogens with two attached hydrogens (primary N) is 2. The Kier molecular flexibility index (Phi) is 6.63. The zero-order valence-corrected chi connectivity index (χ0v) is 20.0. The molecule has 1 unspecified atom stereocenters. The molecule has 0 aromatic carbocycles. The van der Waals surface area contributed by atoms with E-state index in [1.54, 1.807) is 29.1 Å². The SMILES string of the molecule is CO/N=C(/C(=O)NC1C(=O)N2C(C(=O)O)=C(C[n+]3cccc(N)c3)CS[C@H]12)c1nc(N)sc1Cl. The van der Waals surface area contributed by atoms with Gasteiger partial charge in [-0.1, -0.05) is 28.1 Å². The first-order valence-electron chi connectivity index (χ1n) is 9.70. The Labute approximate surface area is 206 Å². The van der Waals surface area contributed by atoms with Crippen LogP contribution in [0.5, 0.6) is 0 Å². The van der Waals surface area contributed by atoms with E-state index in [4.69, 9.17) is 27.9 Å². The zero-order valence-electron chi connectivity index (χ0n) is 17.6. The van der Waals surface area contributed by atoms with Crippen molar-refractivity contribution >= 4 is 69.0 Å². The highest BCUT2D eigenvalue weighted by Crippen LogP contribution is 2.40. The summed E-state index contributed by atoms with van der Waals surface area (Å²) in [5.74, 6) is -2.19. The van der Waals surface area contributed by atoms with E-state index in [9.17, 15) is 19.5 Å². The summed E-state index contributed by atoms with van der Waals surface area (Å²) in [4.78, 5) is 47.8. The van der Waals surface area contributed by atoms with Crippen molar-refractivity contribution in [1.82, 2.24) is 15.2 Å². The topological polar surface area (TPSA) is 177 Å². The Hall–Kier alpha value is -3.36. The summed E-state index contributed by atoms with van der Waals surface area (Å²) in [7, 11) is 1.24. The van der Waals surface area contributed by atoms with Crippen LogP contribution < -0.4 is 21.4 Å². The molecular weight excluding hydrogens is 506 g/mol. The van der Waals surface area contributed by atoms with Crippen LogP contribution in [0.15, 0.2) is 41.0 Å². The van der Waals surface area contributed by atoms with E-state index in [1.165, 1.54) is 23.8 Å². The number of fused-ring (bicyclic) bond motifs is 1. The number of β-lactam (4-membered cyclic amide) rings is 1. The molecular formula is C19H19ClN7O5S2+. The van der Waals surface area contributed by atoms with Gasteiger partial charge in [-0.25, -0.2) is 9.78 Å². The number of carbonyl (C=O) groups is 3. The number of carboxylic acid groups (broad SMARTS) is 1. The first kappa shape index (κ1) is 23.8. The number of halogens is 1. The Balaban J connectivity index is 1.55. The van der Waals surface area contributed by atoms with Crippen molar-refractivity contribution in [2.75, 3.05) is 24.3 Å². The Morgan fingerprint density at radius 1 is 1.47 bits per heavy atom. The second-order valence-corrected chi connectivity index (χ2v) is 9.96. The Morgan fingerprint density at radius 3 is 2.85 bits per heavy atom. The van der Waals surface area contributed by atoms with Gasteiger partial charge in [-0.3, -0.25) is 14.5 Å². The lowest BCUT2D eigenvalue weighted by Crippen LogP contribution is -2.71. The molecule has 0 aliphatic carbocycles. The second kappa shape index (κ2) is 9.48. The molecule has 15 heteroatoms. The minimum atomic E-state index is -1.23. The number of carboxylic acids is 1. The van der Waals surface area contributed by atoms with Gasteiger partial charge in [0.15, 0.2) is 29.8 Å². The molecule has 0 spiro atoms. The van der Waals surface area contributed by atoms with Gasteiger partial charge in [0.05, 0.1) is 5.69 Å². The summed E-state index contributed by atoms with van der Waals surface area (Å²) in [6, 6.07) is 2.50. The number of aliphatic carboxylic acids is 1.